The maximum absolute atomic E-state index is 12.0. The van der Waals surface area contributed by atoms with Crippen LogP contribution in [-0.2, 0) is 9.59 Å². The van der Waals surface area contributed by atoms with Crippen LogP contribution in [0.2, 0.25) is 0 Å². The van der Waals surface area contributed by atoms with Gasteiger partial charge in [0.1, 0.15) is 6.04 Å². The average molecular weight is 240 g/mol. The van der Waals surface area contributed by atoms with Gasteiger partial charge in [-0.25, -0.2) is 4.79 Å². The second-order valence-electron chi connectivity index (χ2n) is 5.30. The van der Waals surface area contributed by atoms with Crippen molar-refractivity contribution in [1.82, 2.24) is 10.6 Å². The Morgan fingerprint density at radius 2 is 2.06 bits per heavy atom. The summed E-state index contributed by atoms with van der Waals surface area (Å²) in [6.07, 6.45) is 3.69. The Balaban J connectivity index is 1.88. The number of carboxylic acid groups (broad SMARTS) is 1. The van der Waals surface area contributed by atoms with E-state index >= 15 is 0 Å². The van der Waals surface area contributed by atoms with Crippen LogP contribution in [0.25, 0.3) is 0 Å². The number of rotatable bonds is 4. The monoisotopic (exact) mass is 240 g/mol. The summed E-state index contributed by atoms with van der Waals surface area (Å²) in [6.45, 7) is 2.96. The number of nitrogens with one attached hydrogen (secondary N) is 2. The van der Waals surface area contributed by atoms with Crippen molar-refractivity contribution in [1.29, 1.82) is 0 Å². The van der Waals surface area contributed by atoms with Crippen molar-refractivity contribution in [3.8, 4) is 0 Å². The van der Waals surface area contributed by atoms with Crippen molar-refractivity contribution >= 4 is 11.9 Å². The van der Waals surface area contributed by atoms with Gasteiger partial charge >= 0.3 is 5.97 Å². The summed E-state index contributed by atoms with van der Waals surface area (Å²) in [7, 11) is 0. The highest BCUT2D eigenvalue weighted by molar-refractivity contribution is 5.87. The molecule has 0 bridgehead atoms. The van der Waals surface area contributed by atoms with Gasteiger partial charge in [-0.05, 0) is 44.1 Å². The maximum atomic E-state index is 12.0. The molecule has 0 aromatic carbocycles. The molecule has 0 aromatic rings. The lowest BCUT2D eigenvalue weighted by Crippen LogP contribution is -2.53. The average Bonchev–Trinajstić information content (AvgIpc) is 3.09. The first-order valence-corrected chi connectivity index (χ1v) is 6.34. The van der Waals surface area contributed by atoms with Crippen LogP contribution in [0.15, 0.2) is 0 Å². The molecule has 96 valence electrons. The Morgan fingerprint density at radius 3 is 2.59 bits per heavy atom. The van der Waals surface area contributed by atoms with Crippen molar-refractivity contribution in [3.63, 3.8) is 0 Å². The van der Waals surface area contributed by atoms with Crippen LogP contribution in [-0.4, -0.2) is 35.6 Å². The number of carboxylic acids is 1. The first-order chi connectivity index (χ1) is 8.08. The summed E-state index contributed by atoms with van der Waals surface area (Å²) in [5, 5.41) is 14.9. The molecule has 1 aliphatic carbocycles. The fourth-order valence-electron chi connectivity index (χ4n) is 2.37. The zero-order valence-corrected chi connectivity index (χ0v) is 10.1. The molecule has 5 heteroatoms. The Labute approximate surface area is 101 Å². The molecule has 1 amide bonds. The molecule has 3 unspecified atom stereocenters. The van der Waals surface area contributed by atoms with Gasteiger partial charge in [-0.1, -0.05) is 6.92 Å². The molecule has 0 radical (unpaired) electrons. The van der Waals surface area contributed by atoms with Gasteiger partial charge in [-0.3, -0.25) is 4.79 Å². The van der Waals surface area contributed by atoms with Crippen LogP contribution in [0.4, 0.5) is 0 Å². The third-order valence-electron chi connectivity index (χ3n) is 3.64. The highest BCUT2D eigenvalue weighted by atomic mass is 16.4. The molecular formula is C12H20N2O3. The Bertz CT molecular complexity index is 315. The molecular weight excluding hydrogens is 220 g/mol. The Hall–Kier alpha value is -1.10. The minimum Gasteiger partial charge on any atom is -0.480 e. The standard InChI is InChI=1S/C12H20N2O3/c1-7-4-5-13-9(6-7)11(15)14-10(12(16)17)8-2-3-8/h7-10,13H,2-6H2,1H3,(H,14,15)(H,16,17). The minimum absolute atomic E-state index is 0.137. The molecule has 5 nitrogen and oxygen atoms in total. The minimum atomic E-state index is -0.912. The van der Waals surface area contributed by atoms with E-state index in [1.807, 2.05) is 0 Å². The predicted octanol–water partition coefficient (Wildman–Crippen LogP) is 0.354. The molecule has 2 fully saturated rings. The van der Waals surface area contributed by atoms with E-state index in [0.29, 0.717) is 5.92 Å². The van der Waals surface area contributed by atoms with Crippen molar-refractivity contribution < 1.29 is 14.7 Å². The fourth-order valence-corrected chi connectivity index (χ4v) is 2.37. The molecule has 0 aromatic heterocycles. The zero-order valence-electron chi connectivity index (χ0n) is 10.1. The number of carbonyl (C=O) groups is 2. The van der Waals surface area contributed by atoms with E-state index in [0.717, 1.165) is 32.2 Å². The summed E-state index contributed by atoms with van der Waals surface area (Å²) < 4.78 is 0. The number of aliphatic carboxylic acids is 1. The maximum Gasteiger partial charge on any atom is 0.326 e. The van der Waals surface area contributed by atoms with E-state index in [2.05, 4.69) is 17.6 Å². The molecule has 3 N–H and O–H groups in total. The summed E-state index contributed by atoms with van der Waals surface area (Å²) in [4.78, 5) is 23.0. The quantitative estimate of drug-likeness (QED) is 0.662. The van der Waals surface area contributed by atoms with Crippen LogP contribution >= 0.6 is 0 Å². The van der Waals surface area contributed by atoms with Crippen molar-refractivity contribution in [2.24, 2.45) is 11.8 Å². The summed E-state index contributed by atoms with van der Waals surface area (Å²) in [6, 6.07) is -0.916. The number of hydrogen-bond donors (Lipinski definition) is 3. The normalized spacial score (nSPS) is 30.6. The third kappa shape index (κ3) is 3.19. The molecule has 0 spiro atoms. The molecule has 1 aliphatic heterocycles. The van der Waals surface area contributed by atoms with Crippen molar-refractivity contribution in [2.45, 2.75) is 44.7 Å². The number of amides is 1. The summed E-state index contributed by atoms with van der Waals surface area (Å²) in [5.74, 6) is -0.408. The van der Waals surface area contributed by atoms with E-state index in [-0.39, 0.29) is 17.9 Å². The molecule has 1 saturated heterocycles. The highest BCUT2D eigenvalue weighted by Crippen LogP contribution is 2.32. The lowest BCUT2D eigenvalue weighted by atomic mass is 9.93. The van der Waals surface area contributed by atoms with Gasteiger partial charge in [-0.15, -0.1) is 0 Å². The second-order valence-corrected chi connectivity index (χ2v) is 5.30. The lowest BCUT2D eigenvalue weighted by molar-refractivity contribution is -0.142. The highest BCUT2D eigenvalue weighted by Gasteiger charge is 2.38. The third-order valence-corrected chi connectivity index (χ3v) is 3.64. The Morgan fingerprint density at radius 1 is 1.35 bits per heavy atom. The van der Waals surface area contributed by atoms with Gasteiger partial charge < -0.3 is 15.7 Å². The van der Waals surface area contributed by atoms with E-state index in [9.17, 15) is 9.59 Å². The fraction of sp³-hybridized carbons (Fsp3) is 0.833. The zero-order chi connectivity index (χ0) is 12.4. The van der Waals surface area contributed by atoms with Crippen molar-refractivity contribution in [2.75, 3.05) is 6.54 Å². The largest absolute Gasteiger partial charge is 0.480 e. The molecule has 17 heavy (non-hydrogen) atoms. The van der Waals surface area contributed by atoms with E-state index in [4.69, 9.17) is 5.11 Å². The van der Waals surface area contributed by atoms with Gasteiger partial charge in [0.15, 0.2) is 0 Å². The molecule has 2 rings (SSSR count). The lowest BCUT2D eigenvalue weighted by Gasteiger charge is -2.28. The van der Waals surface area contributed by atoms with Gasteiger partial charge in [-0.2, -0.15) is 0 Å². The number of carbonyl (C=O) groups excluding carboxylic acids is 1. The van der Waals surface area contributed by atoms with Gasteiger partial charge in [0, 0.05) is 0 Å². The van der Waals surface area contributed by atoms with Crippen molar-refractivity contribution in [3.05, 3.63) is 0 Å². The summed E-state index contributed by atoms with van der Waals surface area (Å²) in [5.41, 5.74) is 0. The van der Waals surface area contributed by atoms with Gasteiger partial charge in [0.05, 0.1) is 6.04 Å². The molecule has 1 heterocycles. The second kappa shape index (κ2) is 5.04. The van der Waals surface area contributed by atoms with E-state index in [1.54, 1.807) is 0 Å². The first-order valence-electron chi connectivity index (χ1n) is 6.34. The van der Waals surface area contributed by atoms with E-state index < -0.39 is 12.0 Å². The van der Waals surface area contributed by atoms with Gasteiger partial charge in [0.25, 0.3) is 0 Å². The summed E-state index contributed by atoms with van der Waals surface area (Å²) >= 11 is 0. The number of piperidine rings is 1. The van der Waals surface area contributed by atoms with Crippen LogP contribution in [0.1, 0.15) is 32.6 Å². The molecule has 1 saturated carbocycles. The SMILES string of the molecule is CC1CCNC(C(=O)NC(C(=O)O)C2CC2)C1. The molecule has 2 aliphatic rings. The smallest absolute Gasteiger partial charge is 0.326 e. The van der Waals surface area contributed by atoms with E-state index in [1.165, 1.54) is 0 Å². The number of hydrogen-bond acceptors (Lipinski definition) is 3. The predicted molar refractivity (Wildman–Crippen MR) is 62.5 cm³/mol. The van der Waals surface area contributed by atoms with Gasteiger partial charge in [0.2, 0.25) is 5.91 Å². The molecule has 3 atom stereocenters. The van der Waals surface area contributed by atoms with Crippen LogP contribution in [0, 0.1) is 11.8 Å². The first kappa shape index (κ1) is 12.4. The van der Waals surface area contributed by atoms with Crippen LogP contribution in [0.3, 0.4) is 0 Å². The topological polar surface area (TPSA) is 78.4 Å². The van der Waals surface area contributed by atoms with Crippen LogP contribution in [0.5, 0.6) is 0 Å². The Kier molecular flexibility index (Phi) is 3.66. The van der Waals surface area contributed by atoms with Crippen LogP contribution < -0.4 is 10.6 Å².